The smallest absolute Gasteiger partial charge is 0.306 e. The highest BCUT2D eigenvalue weighted by molar-refractivity contribution is 5.71. The Balaban J connectivity index is 4.25. The van der Waals surface area contributed by atoms with Gasteiger partial charge in [-0.3, -0.25) is 14.4 Å². The van der Waals surface area contributed by atoms with E-state index >= 15 is 0 Å². The van der Waals surface area contributed by atoms with Gasteiger partial charge in [-0.05, 0) is 19.3 Å². The molecule has 0 heterocycles. The molecule has 374 valence electrons. The maximum absolute atomic E-state index is 12.8. The van der Waals surface area contributed by atoms with Gasteiger partial charge in [0.15, 0.2) is 6.10 Å². The van der Waals surface area contributed by atoms with Gasteiger partial charge in [0.25, 0.3) is 0 Å². The van der Waals surface area contributed by atoms with Crippen LogP contribution in [-0.2, 0) is 28.6 Å². The lowest BCUT2D eigenvalue weighted by Crippen LogP contribution is -2.30. The van der Waals surface area contributed by atoms with Crippen molar-refractivity contribution in [1.29, 1.82) is 0 Å². The largest absolute Gasteiger partial charge is 0.462 e. The summed E-state index contributed by atoms with van der Waals surface area (Å²) in [6.45, 7) is 6.70. The summed E-state index contributed by atoms with van der Waals surface area (Å²) in [5.41, 5.74) is 0. The van der Waals surface area contributed by atoms with Crippen molar-refractivity contribution < 1.29 is 28.6 Å². The van der Waals surface area contributed by atoms with Crippen molar-refractivity contribution in [3.05, 3.63) is 0 Å². The molecule has 0 fully saturated rings. The summed E-state index contributed by atoms with van der Waals surface area (Å²) < 4.78 is 16.9. The van der Waals surface area contributed by atoms with E-state index in [0.717, 1.165) is 57.8 Å². The van der Waals surface area contributed by atoms with Crippen LogP contribution in [0.1, 0.15) is 329 Å². The Morgan fingerprint density at radius 3 is 0.635 bits per heavy atom. The van der Waals surface area contributed by atoms with Gasteiger partial charge in [0.05, 0.1) is 0 Å². The summed E-state index contributed by atoms with van der Waals surface area (Å²) >= 11 is 0. The molecule has 0 bridgehead atoms. The summed E-state index contributed by atoms with van der Waals surface area (Å²) in [6, 6.07) is 0. The minimum Gasteiger partial charge on any atom is -0.462 e. The van der Waals surface area contributed by atoms with Crippen molar-refractivity contribution >= 4 is 17.9 Å². The zero-order valence-electron chi connectivity index (χ0n) is 42.9. The molecule has 0 aliphatic carbocycles. The molecule has 0 amide bonds. The van der Waals surface area contributed by atoms with Crippen LogP contribution in [0.5, 0.6) is 0 Å². The second kappa shape index (κ2) is 53.0. The average molecular weight is 892 g/mol. The molecule has 0 unspecified atom stereocenters. The summed E-state index contributed by atoms with van der Waals surface area (Å²) in [5.74, 6) is -0.834. The molecule has 0 aromatic heterocycles. The second-order valence-corrected chi connectivity index (χ2v) is 19.6. The van der Waals surface area contributed by atoms with Crippen LogP contribution in [0.25, 0.3) is 0 Å². The molecular formula is C57H110O6. The summed E-state index contributed by atoms with van der Waals surface area (Å²) in [5, 5.41) is 0. The van der Waals surface area contributed by atoms with Gasteiger partial charge in [-0.15, -0.1) is 0 Å². The van der Waals surface area contributed by atoms with Crippen molar-refractivity contribution in [2.45, 2.75) is 335 Å². The Morgan fingerprint density at radius 2 is 0.429 bits per heavy atom. The molecule has 0 rings (SSSR count). The van der Waals surface area contributed by atoms with Crippen molar-refractivity contribution in [1.82, 2.24) is 0 Å². The fourth-order valence-electron chi connectivity index (χ4n) is 8.80. The zero-order valence-corrected chi connectivity index (χ0v) is 42.9. The first-order valence-electron chi connectivity index (χ1n) is 28.5. The molecule has 0 aliphatic rings. The maximum Gasteiger partial charge on any atom is 0.306 e. The zero-order chi connectivity index (χ0) is 45.8. The summed E-state index contributed by atoms with van der Waals surface area (Å²) in [7, 11) is 0. The number of hydrogen-bond donors (Lipinski definition) is 0. The fraction of sp³-hybridized carbons (Fsp3) is 0.947. The minimum atomic E-state index is -0.760. The molecule has 6 nitrogen and oxygen atoms in total. The van der Waals surface area contributed by atoms with Gasteiger partial charge in [-0.25, -0.2) is 0 Å². The van der Waals surface area contributed by atoms with Crippen LogP contribution in [0.2, 0.25) is 0 Å². The van der Waals surface area contributed by atoms with E-state index in [2.05, 4.69) is 20.8 Å². The van der Waals surface area contributed by atoms with Gasteiger partial charge < -0.3 is 14.2 Å². The predicted molar refractivity (Wildman–Crippen MR) is 270 cm³/mol. The van der Waals surface area contributed by atoms with Gasteiger partial charge in [-0.1, -0.05) is 290 Å². The number of esters is 3. The molecule has 0 spiro atoms. The minimum absolute atomic E-state index is 0.0612. The quantitative estimate of drug-likeness (QED) is 0.0344. The predicted octanol–water partition coefficient (Wildman–Crippen LogP) is 18.8. The molecule has 0 radical (unpaired) electrons. The lowest BCUT2D eigenvalue weighted by atomic mass is 10.0. The van der Waals surface area contributed by atoms with Crippen molar-refractivity contribution in [2.75, 3.05) is 13.2 Å². The number of unbranched alkanes of at least 4 members (excludes halogenated alkanes) is 42. The van der Waals surface area contributed by atoms with E-state index in [0.29, 0.717) is 19.3 Å². The van der Waals surface area contributed by atoms with Crippen LogP contribution >= 0.6 is 0 Å². The number of ether oxygens (including phenoxy) is 3. The SMILES string of the molecule is CCCCCCCCCCCCCCCCCCCCCC(=O)OC[C@H](COC(=O)CCCCCCCCCCCCCCC)OC(=O)CCCCCCCCCCCCCCC. The van der Waals surface area contributed by atoms with E-state index < -0.39 is 6.10 Å². The average Bonchev–Trinajstić information content (AvgIpc) is 3.28. The maximum atomic E-state index is 12.8. The number of carbonyl (C=O) groups is 3. The highest BCUT2D eigenvalue weighted by atomic mass is 16.6. The number of carbonyl (C=O) groups excluding carboxylic acids is 3. The standard InChI is InChI=1S/C57H110O6/c1-4-7-10-13-16-19-22-25-26-27-28-29-30-33-35-38-41-44-47-50-56(59)62-53-54(63-57(60)51-48-45-42-39-36-32-24-21-18-15-12-9-6-3)52-61-55(58)49-46-43-40-37-34-31-23-20-17-14-11-8-5-2/h54H,4-53H2,1-3H3/t54-/m0/s1. The number of rotatable bonds is 53. The first-order valence-corrected chi connectivity index (χ1v) is 28.5. The monoisotopic (exact) mass is 891 g/mol. The molecular weight excluding hydrogens is 781 g/mol. The molecule has 0 aromatic carbocycles. The van der Waals surface area contributed by atoms with Crippen molar-refractivity contribution in [2.24, 2.45) is 0 Å². The van der Waals surface area contributed by atoms with Crippen LogP contribution in [0, 0.1) is 0 Å². The van der Waals surface area contributed by atoms with E-state index in [1.807, 2.05) is 0 Å². The third-order valence-electron chi connectivity index (χ3n) is 13.1. The first-order chi connectivity index (χ1) is 31.0. The molecule has 1 atom stereocenters. The summed E-state index contributed by atoms with van der Waals surface area (Å²) in [4.78, 5) is 38.1. The Kier molecular flexibility index (Phi) is 51.7. The molecule has 0 aromatic rings. The van der Waals surface area contributed by atoms with Gasteiger partial charge in [0, 0.05) is 19.3 Å². The van der Waals surface area contributed by atoms with E-state index in [9.17, 15) is 14.4 Å². The van der Waals surface area contributed by atoms with Crippen molar-refractivity contribution in [3.63, 3.8) is 0 Å². The lowest BCUT2D eigenvalue weighted by Gasteiger charge is -2.18. The Bertz CT molecular complexity index is 936. The first kappa shape index (κ1) is 61.4. The molecule has 0 aliphatic heterocycles. The molecule has 0 N–H and O–H groups in total. The lowest BCUT2D eigenvalue weighted by molar-refractivity contribution is -0.167. The van der Waals surface area contributed by atoms with Crippen LogP contribution in [-0.4, -0.2) is 37.2 Å². The molecule has 6 heteroatoms. The fourth-order valence-corrected chi connectivity index (χ4v) is 8.80. The molecule has 63 heavy (non-hydrogen) atoms. The third kappa shape index (κ3) is 51.3. The van der Waals surface area contributed by atoms with Crippen LogP contribution in [0.4, 0.5) is 0 Å². The Morgan fingerprint density at radius 1 is 0.254 bits per heavy atom. The highest BCUT2D eigenvalue weighted by Gasteiger charge is 2.19. The Labute approximate surface area is 393 Å². The third-order valence-corrected chi connectivity index (χ3v) is 13.1. The van der Waals surface area contributed by atoms with Crippen LogP contribution in [0.3, 0.4) is 0 Å². The van der Waals surface area contributed by atoms with E-state index in [4.69, 9.17) is 14.2 Å². The van der Waals surface area contributed by atoms with Gasteiger partial charge in [-0.2, -0.15) is 0 Å². The van der Waals surface area contributed by atoms with E-state index in [1.165, 1.54) is 231 Å². The molecule has 0 saturated carbocycles. The van der Waals surface area contributed by atoms with Crippen molar-refractivity contribution in [3.8, 4) is 0 Å². The van der Waals surface area contributed by atoms with Crippen LogP contribution < -0.4 is 0 Å². The summed E-state index contributed by atoms with van der Waals surface area (Å²) in [6.07, 6.45) is 58.0. The van der Waals surface area contributed by atoms with E-state index in [1.54, 1.807) is 0 Å². The van der Waals surface area contributed by atoms with E-state index in [-0.39, 0.29) is 31.1 Å². The highest BCUT2D eigenvalue weighted by Crippen LogP contribution is 2.18. The van der Waals surface area contributed by atoms with Gasteiger partial charge >= 0.3 is 17.9 Å². The Hall–Kier alpha value is -1.59. The normalized spacial score (nSPS) is 11.9. The van der Waals surface area contributed by atoms with Gasteiger partial charge in [0.2, 0.25) is 0 Å². The van der Waals surface area contributed by atoms with Gasteiger partial charge in [0.1, 0.15) is 13.2 Å². The second-order valence-electron chi connectivity index (χ2n) is 19.6. The van der Waals surface area contributed by atoms with Crippen LogP contribution in [0.15, 0.2) is 0 Å². The number of hydrogen-bond acceptors (Lipinski definition) is 6. The topological polar surface area (TPSA) is 78.9 Å². The molecule has 0 saturated heterocycles.